The molecular formula is C14H15NO3. The minimum Gasteiger partial charge on any atom is -0.508 e. The summed E-state index contributed by atoms with van der Waals surface area (Å²) in [5.41, 5.74) is 1.64. The lowest BCUT2D eigenvalue weighted by atomic mass is 10.1. The molecule has 1 aromatic heterocycles. The zero-order valence-electron chi connectivity index (χ0n) is 10.1. The van der Waals surface area contributed by atoms with Gasteiger partial charge in [0, 0.05) is 6.54 Å². The molecule has 0 atom stereocenters. The smallest absolute Gasteiger partial charge is 0.254 e. The molecule has 0 radical (unpaired) electrons. The van der Waals surface area contributed by atoms with Crippen molar-refractivity contribution in [3.05, 3.63) is 53.5 Å². The van der Waals surface area contributed by atoms with Gasteiger partial charge in [0.15, 0.2) is 0 Å². The zero-order chi connectivity index (χ0) is 13.0. The fourth-order valence-corrected chi connectivity index (χ4v) is 1.70. The van der Waals surface area contributed by atoms with Crippen LogP contribution in [0.25, 0.3) is 0 Å². The summed E-state index contributed by atoms with van der Waals surface area (Å²) in [6.45, 7) is 2.31. The van der Waals surface area contributed by atoms with Gasteiger partial charge in [0.1, 0.15) is 11.5 Å². The number of rotatable bonds is 4. The van der Waals surface area contributed by atoms with Crippen LogP contribution in [0.1, 0.15) is 21.7 Å². The van der Waals surface area contributed by atoms with Crippen LogP contribution in [-0.4, -0.2) is 17.6 Å². The molecule has 4 heteroatoms. The molecule has 1 heterocycles. The van der Waals surface area contributed by atoms with Crippen LogP contribution in [0.15, 0.2) is 41.0 Å². The van der Waals surface area contributed by atoms with E-state index in [9.17, 15) is 4.79 Å². The summed E-state index contributed by atoms with van der Waals surface area (Å²) in [7, 11) is 0. The number of nitrogens with one attached hydrogen (secondary N) is 1. The summed E-state index contributed by atoms with van der Waals surface area (Å²) in [5.74, 6) is 0.744. The third-order valence-electron chi connectivity index (χ3n) is 2.74. The number of hydrogen-bond donors (Lipinski definition) is 2. The second-order valence-corrected chi connectivity index (χ2v) is 4.06. The molecule has 0 aliphatic rings. The SMILES string of the molecule is Cc1occc1C(=O)NCCc1ccc(O)cc1. The van der Waals surface area contributed by atoms with E-state index < -0.39 is 0 Å². The van der Waals surface area contributed by atoms with Crippen LogP contribution >= 0.6 is 0 Å². The van der Waals surface area contributed by atoms with Gasteiger partial charge in [-0.25, -0.2) is 0 Å². The summed E-state index contributed by atoms with van der Waals surface area (Å²) >= 11 is 0. The highest BCUT2D eigenvalue weighted by Crippen LogP contribution is 2.10. The molecule has 0 aliphatic heterocycles. The first-order valence-corrected chi connectivity index (χ1v) is 5.77. The van der Waals surface area contributed by atoms with Crippen LogP contribution in [0, 0.1) is 6.92 Å². The monoisotopic (exact) mass is 245 g/mol. The Balaban J connectivity index is 1.84. The normalized spacial score (nSPS) is 10.3. The molecule has 0 fully saturated rings. The predicted molar refractivity (Wildman–Crippen MR) is 67.6 cm³/mol. The van der Waals surface area contributed by atoms with Gasteiger partial charge in [0.05, 0.1) is 11.8 Å². The van der Waals surface area contributed by atoms with Gasteiger partial charge < -0.3 is 14.8 Å². The number of carbonyl (C=O) groups excluding carboxylic acids is 1. The van der Waals surface area contributed by atoms with Crippen molar-refractivity contribution in [2.75, 3.05) is 6.54 Å². The Morgan fingerprint density at radius 3 is 2.61 bits per heavy atom. The van der Waals surface area contributed by atoms with Crippen LogP contribution in [-0.2, 0) is 6.42 Å². The topological polar surface area (TPSA) is 62.5 Å². The molecule has 0 spiro atoms. The largest absolute Gasteiger partial charge is 0.508 e. The van der Waals surface area contributed by atoms with E-state index in [0.717, 1.165) is 12.0 Å². The molecule has 4 nitrogen and oxygen atoms in total. The van der Waals surface area contributed by atoms with Gasteiger partial charge in [-0.05, 0) is 37.1 Å². The predicted octanol–water partition coefficient (Wildman–Crippen LogP) is 2.27. The molecule has 2 N–H and O–H groups in total. The van der Waals surface area contributed by atoms with Crippen LogP contribution in [0.5, 0.6) is 5.75 Å². The number of carbonyl (C=O) groups is 1. The number of furan rings is 1. The fourth-order valence-electron chi connectivity index (χ4n) is 1.70. The Bertz CT molecular complexity index is 528. The minimum atomic E-state index is -0.125. The van der Waals surface area contributed by atoms with E-state index in [1.165, 1.54) is 6.26 Å². The van der Waals surface area contributed by atoms with Gasteiger partial charge >= 0.3 is 0 Å². The Kier molecular flexibility index (Phi) is 3.67. The first-order valence-electron chi connectivity index (χ1n) is 5.77. The first kappa shape index (κ1) is 12.2. The molecule has 0 unspecified atom stereocenters. The summed E-state index contributed by atoms with van der Waals surface area (Å²) < 4.78 is 5.07. The van der Waals surface area contributed by atoms with Crippen molar-refractivity contribution in [2.45, 2.75) is 13.3 Å². The van der Waals surface area contributed by atoms with E-state index in [1.807, 2.05) is 12.1 Å². The van der Waals surface area contributed by atoms with E-state index in [0.29, 0.717) is 17.9 Å². The average molecular weight is 245 g/mol. The Labute approximate surface area is 105 Å². The number of benzene rings is 1. The van der Waals surface area contributed by atoms with Crippen molar-refractivity contribution in [3.8, 4) is 5.75 Å². The number of amides is 1. The molecule has 2 rings (SSSR count). The van der Waals surface area contributed by atoms with Crippen molar-refractivity contribution in [1.29, 1.82) is 0 Å². The molecule has 18 heavy (non-hydrogen) atoms. The zero-order valence-corrected chi connectivity index (χ0v) is 10.1. The highest BCUT2D eigenvalue weighted by molar-refractivity contribution is 5.94. The lowest BCUT2D eigenvalue weighted by Gasteiger charge is -2.04. The first-order chi connectivity index (χ1) is 8.66. The summed E-state index contributed by atoms with van der Waals surface area (Å²) in [5, 5.41) is 12.0. The molecular weight excluding hydrogens is 230 g/mol. The third kappa shape index (κ3) is 2.91. The maximum Gasteiger partial charge on any atom is 0.254 e. The van der Waals surface area contributed by atoms with E-state index in [4.69, 9.17) is 9.52 Å². The van der Waals surface area contributed by atoms with Crippen LogP contribution < -0.4 is 5.32 Å². The van der Waals surface area contributed by atoms with Crippen molar-refractivity contribution < 1.29 is 14.3 Å². The van der Waals surface area contributed by atoms with Gasteiger partial charge in [0.2, 0.25) is 0 Å². The molecule has 1 amide bonds. The molecule has 1 aromatic carbocycles. The lowest BCUT2D eigenvalue weighted by Crippen LogP contribution is -2.25. The quantitative estimate of drug-likeness (QED) is 0.868. The second-order valence-electron chi connectivity index (χ2n) is 4.06. The fraction of sp³-hybridized carbons (Fsp3) is 0.214. The van der Waals surface area contributed by atoms with Gasteiger partial charge in [-0.3, -0.25) is 4.79 Å². The van der Waals surface area contributed by atoms with E-state index in [-0.39, 0.29) is 11.7 Å². The van der Waals surface area contributed by atoms with E-state index >= 15 is 0 Å². The number of hydrogen-bond acceptors (Lipinski definition) is 3. The average Bonchev–Trinajstić information content (AvgIpc) is 2.78. The maximum atomic E-state index is 11.8. The van der Waals surface area contributed by atoms with Crippen molar-refractivity contribution in [3.63, 3.8) is 0 Å². The Morgan fingerprint density at radius 2 is 2.00 bits per heavy atom. The molecule has 2 aromatic rings. The van der Waals surface area contributed by atoms with Crippen molar-refractivity contribution >= 4 is 5.91 Å². The summed E-state index contributed by atoms with van der Waals surface area (Å²) in [6, 6.07) is 8.61. The maximum absolute atomic E-state index is 11.8. The molecule has 0 saturated carbocycles. The minimum absolute atomic E-state index is 0.125. The molecule has 94 valence electrons. The number of aryl methyl sites for hydroxylation is 1. The highest BCUT2D eigenvalue weighted by atomic mass is 16.3. The molecule has 0 aliphatic carbocycles. The Morgan fingerprint density at radius 1 is 1.28 bits per heavy atom. The second kappa shape index (κ2) is 5.40. The van der Waals surface area contributed by atoms with E-state index in [2.05, 4.69) is 5.32 Å². The van der Waals surface area contributed by atoms with Gasteiger partial charge in [-0.1, -0.05) is 12.1 Å². The summed E-state index contributed by atoms with van der Waals surface area (Å²) in [4.78, 5) is 11.8. The number of aromatic hydroxyl groups is 1. The standard InChI is InChI=1S/C14H15NO3/c1-10-13(7-9-18-10)14(17)15-8-6-11-2-4-12(16)5-3-11/h2-5,7,9,16H,6,8H2,1H3,(H,15,17). The van der Waals surface area contributed by atoms with Gasteiger partial charge in [-0.2, -0.15) is 0 Å². The van der Waals surface area contributed by atoms with Crippen LogP contribution in [0.3, 0.4) is 0 Å². The number of phenolic OH excluding ortho intramolecular Hbond substituents is 1. The summed E-state index contributed by atoms with van der Waals surface area (Å²) in [6.07, 6.45) is 2.23. The van der Waals surface area contributed by atoms with Gasteiger partial charge in [0.25, 0.3) is 5.91 Å². The van der Waals surface area contributed by atoms with Crippen molar-refractivity contribution in [2.24, 2.45) is 0 Å². The van der Waals surface area contributed by atoms with E-state index in [1.54, 1.807) is 25.1 Å². The Hall–Kier alpha value is -2.23. The van der Waals surface area contributed by atoms with Gasteiger partial charge in [-0.15, -0.1) is 0 Å². The molecule has 0 saturated heterocycles. The highest BCUT2D eigenvalue weighted by Gasteiger charge is 2.10. The third-order valence-corrected chi connectivity index (χ3v) is 2.74. The van der Waals surface area contributed by atoms with Crippen LogP contribution in [0.2, 0.25) is 0 Å². The van der Waals surface area contributed by atoms with Crippen molar-refractivity contribution in [1.82, 2.24) is 5.32 Å². The lowest BCUT2D eigenvalue weighted by molar-refractivity contribution is 0.0952. The number of phenols is 1. The van der Waals surface area contributed by atoms with Crippen LogP contribution in [0.4, 0.5) is 0 Å². The molecule has 0 bridgehead atoms.